The zero-order valence-corrected chi connectivity index (χ0v) is 15.2. The van der Waals surface area contributed by atoms with Gasteiger partial charge >= 0.3 is 0 Å². The van der Waals surface area contributed by atoms with Crippen LogP contribution in [0.1, 0.15) is 44.2 Å². The molecule has 4 rings (SSSR count). The van der Waals surface area contributed by atoms with Crippen LogP contribution in [0, 0.1) is 0 Å². The Morgan fingerprint density at radius 1 is 1.25 bits per heavy atom. The summed E-state index contributed by atoms with van der Waals surface area (Å²) in [6.07, 6.45) is 8.45. The van der Waals surface area contributed by atoms with Crippen LogP contribution in [0.5, 0.6) is 0 Å². The molecule has 0 saturated heterocycles. The lowest BCUT2D eigenvalue weighted by Gasteiger charge is -2.36. The zero-order valence-electron chi connectivity index (χ0n) is 13.6. The molecule has 1 aliphatic rings. The fraction of sp³-hybridized carbons (Fsp3) is 0.389. The second-order valence-corrected chi connectivity index (χ2v) is 7.32. The number of benzene rings is 1. The largest absolute Gasteiger partial charge is 0.346 e. The van der Waals surface area contributed by atoms with E-state index in [2.05, 4.69) is 72.2 Å². The van der Waals surface area contributed by atoms with Gasteiger partial charge < -0.3 is 4.90 Å². The van der Waals surface area contributed by atoms with Crippen molar-refractivity contribution in [1.82, 2.24) is 20.2 Å². The van der Waals surface area contributed by atoms with Crippen molar-refractivity contribution in [2.45, 2.75) is 44.7 Å². The molecule has 0 radical (unpaired) electrons. The number of anilines is 1. The fourth-order valence-corrected chi connectivity index (χ4v) is 4.16. The van der Waals surface area contributed by atoms with Crippen LogP contribution in [0.4, 0.5) is 5.82 Å². The van der Waals surface area contributed by atoms with Crippen molar-refractivity contribution >= 4 is 32.8 Å². The highest BCUT2D eigenvalue weighted by molar-refractivity contribution is 9.10. The van der Waals surface area contributed by atoms with Gasteiger partial charge in [0.15, 0.2) is 5.65 Å². The summed E-state index contributed by atoms with van der Waals surface area (Å²) in [5, 5.41) is 8.11. The first kappa shape index (κ1) is 15.6. The molecule has 24 heavy (non-hydrogen) atoms. The van der Waals surface area contributed by atoms with Gasteiger partial charge in [-0.1, -0.05) is 40.9 Å². The molecule has 1 aromatic carbocycles. The molecule has 0 spiro atoms. The molecule has 0 aliphatic heterocycles. The molecular formula is C18H20BrN5. The summed E-state index contributed by atoms with van der Waals surface area (Å²) in [5.74, 6) is 0.980. The second-order valence-electron chi connectivity index (χ2n) is 6.41. The van der Waals surface area contributed by atoms with Crippen LogP contribution < -0.4 is 4.90 Å². The monoisotopic (exact) mass is 385 g/mol. The lowest BCUT2D eigenvalue weighted by atomic mass is 10.0. The van der Waals surface area contributed by atoms with Gasteiger partial charge in [-0.05, 0) is 37.5 Å². The highest BCUT2D eigenvalue weighted by Gasteiger charge is 2.30. The summed E-state index contributed by atoms with van der Waals surface area (Å²) < 4.78 is 1.11. The summed E-state index contributed by atoms with van der Waals surface area (Å²) in [4.78, 5) is 11.4. The first-order chi connectivity index (χ1) is 11.7. The fourth-order valence-electron chi connectivity index (χ4n) is 3.74. The van der Waals surface area contributed by atoms with E-state index < -0.39 is 0 Å². The Morgan fingerprint density at radius 2 is 2.08 bits per heavy atom. The number of aromatic amines is 1. The molecule has 1 atom stereocenters. The van der Waals surface area contributed by atoms with Crippen molar-refractivity contribution in [2.75, 3.05) is 4.90 Å². The third kappa shape index (κ3) is 2.79. The number of halogens is 1. The Bertz CT molecular complexity index is 840. The minimum absolute atomic E-state index is 0.235. The third-order valence-corrected chi connectivity index (χ3v) is 5.43. The van der Waals surface area contributed by atoms with E-state index in [1.807, 2.05) is 6.20 Å². The van der Waals surface area contributed by atoms with Crippen molar-refractivity contribution in [3.8, 4) is 0 Å². The summed E-state index contributed by atoms with van der Waals surface area (Å²) in [6, 6.07) is 9.28. The normalized spacial score (nSPS) is 16.6. The summed E-state index contributed by atoms with van der Waals surface area (Å²) in [5.41, 5.74) is 2.08. The molecule has 0 amide bonds. The standard InChI is InChI=1S/C18H20BrN5/c1-12(13-5-4-6-14(19)9-13)24(15-7-2-3-8-15)18-16-10-22-23-17(16)20-11-21-18/h4-6,9-12,15H,2-3,7-8H2,1H3,(H,20,21,22,23). The summed E-state index contributed by atoms with van der Waals surface area (Å²) in [7, 11) is 0. The average Bonchev–Trinajstić information content (AvgIpc) is 3.27. The van der Waals surface area contributed by atoms with Crippen LogP contribution in [0.3, 0.4) is 0 Å². The molecule has 2 aromatic heterocycles. The van der Waals surface area contributed by atoms with Crippen LogP contribution in [0.15, 0.2) is 41.3 Å². The number of nitrogens with one attached hydrogen (secondary N) is 1. The van der Waals surface area contributed by atoms with E-state index >= 15 is 0 Å². The van der Waals surface area contributed by atoms with Gasteiger partial charge in [-0.3, -0.25) is 5.10 Å². The Hall–Kier alpha value is -1.95. The predicted octanol–water partition coefficient (Wildman–Crippen LogP) is 4.63. The highest BCUT2D eigenvalue weighted by atomic mass is 79.9. The van der Waals surface area contributed by atoms with Crippen LogP contribution in [-0.2, 0) is 0 Å². The Labute approximate surface area is 149 Å². The van der Waals surface area contributed by atoms with Crippen molar-refractivity contribution < 1.29 is 0 Å². The number of hydrogen-bond acceptors (Lipinski definition) is 4. The quantitative estimate of drug-likeness (QED) is 0.711. The lowest BCUT2D eigenvalue weighted by molar-refractivity contribution is 0.540. The molecule has 1 saturated carbocycles. The van der Waals surface area contributed by atoms with Crippen molar-refractivity contribution in [3.05, 3.63) is 46.8 Å². The molecule has 124 valence electrons. The number of H-pyrrole nitrogens is 1. The highest BCUT2D eigenvalue weighted by Crippen LogP contribution is 2.37. The van der Waals surface area contributed by atoms with E-state index in [1.165, 1.54) is 31.2 Å². The van der Waals surface area contributed by atoms with Gasteiger partial charge in [0, 0.05) is 10.5 Å². The van der Waals surface area contributed by atoms with Crippen molar-refractivity contribution in [2.24, 2.45) is 0 Å². The van der Waals surface area contributed by atoms with Gasteiger partial charge in [0.25, 0.3) is 0 Å². The van der Waals surface area contributed by atoms with E-state index in [4.69, 9.17) is 0 Å². The number of nitrogens with zero attached hydrogens (tertiary/aromatic N) is 4. The Morgan fingerprint density at radius 3 is 2.88 bits per heavy atom. The minimum Gasteiger partial charge on any atom is -0.346 e. The summed E-state index contributed by atoms with van der Waals surface area (Å²) in [6.45, 7) is 2.26. The first-order valence-electron chi connectivity index (χ1n) is 8.42. The van der Waals surface area contributed by atoms with E-state index in [0.29, 0.717) is 6.04 Å². The van der Waals surface area contributed by atoms with Crippen LogP contribution in [-0.4, -0.2) is 26.2 Å². The van der Waals surface area contributed by atoms with Crippen LogP contribution >= 0.6 is 15.9 Å². The van der Waals surface area contributed by atoms with Gasteiger partial charge in [0.1, 0.15) is 12.1 Å². The summed E-state index contributed by atoms with van der Waals surface area (Å²) >= 11 is 3.59. The van der Waals surface area contributed by atoms with E-state index in [-0.39, 0.29) is 6.04 Å². The van der Waals surface area contributed by atoms with E-state index in [1.54, 1.807) is 6.33 Å². The topological polar surface area (TPSA) is 57.7 Å². The van der Waals surface area contributed by atoms with E-state index in [9.17, 15) is 0 Å². The number of hydrogen-bond donors (Lipinski definition) is 1. The molecule has 1 N–H and O–H groups in total. The zero-order chi connectivity index (χ0) is 16.5. The van der Waals surface area contributed by atoms with Gasteiger partial charge in [0.2, 0.25) is 0 Å². The minimum atomic E-state index is 0.235. The van der Waals surface area contributed by atoms with Gasteiger partial charge in [0.05, 0.1) is 17.6 Å². The van der Waals surface area contributed by atoms with Crippen molar-refractivity contribution in [3.63, 3.8) is 0 Å². The Kier molecular flexibility index (Phi) is 4.22. The third-order valence-electron chi connectivity index (χ3n) is 4.94. The maximum atomic E-state index is 4.64. The van der Waals surface area contributed by atoms with Gasteiger partial charge in [-0.2, -0.15) is 5.10 Å². The molecule has 3 aromatic rings. The van der Waals surface area contributed by atoms with Gasteiger partial charge in [-0.15, -0.1) is 0 Å². The molecule has 2 heterocycles. The van der Waals surface area contributed by atoms with Crippen LogP contribution in [0.2, 0.25) is 0 Å². The van der Waals surface area contributed by atoms with Crippen LogP contribution in [0.25, 0.3) is 11.0 Å². The first-order valence-corrected chi connectivity index (χ1v) is 9.21. The number of fused-ring (bicyclic) bond motifs is 1. The molecule has 1 unspecified atom stereocenters. The number of rotatable bonds is 4. The Balaban J connectivity index is 1.81. The maximum Gasteiger partial charge on any atom is 0.160 e. The molecule has 0 bridgehead atoms. The predicted molar refractivity (Wildman–Crippen MR) is 99.0 cm³/mol. The van der Waals surface area contributed by atoms with E-state index in [0.717, 1.165) is 21.3 Å². The number of aromatic nitrogens is 4. The second kappa shape index (κ2) is 6.51. The smallest absolute Gasteiger partial charge is 0.160 e. The molecule has 6 heteroatoms. The van der Waals surface area contributed by atoms with Gasteiger partial charge in [-0.25, -0.2) is 9.97 Å². The average molecular weight is 386 g/mol. The van der Waals surface area contributed by atoms with Crippen molar-refractivity contribution in [1.29, 1.82) is 0 Å². The molecule has 1 aliphatic carbocycles. The SMILES string of the molecule is CC(c1cccc(Br)c1)N(c1ncnc2[nH]ncc12)C1CCCC1. The molecule has 5 nitrogen and oxygen atoms in total. The maximum absolute atomic E-state index is 4.64. The molecular weight excluding hydrogens is 366 g/mol. The molecule has 1 fully saturated rings. The lowest BCUT2D eigenvalue weighted by Crippen LogP contribution is -2.36.